The quantitative estimate of drug-likeness (QED) is 0.293. The summed E-state index contributed by atoms with van der Waals surface area (Å²) in [5, 5.41) is 6.91. The van der Waals surface area contributed by atoms with Crippen molar-refractivity contribution in [2.45, 2.75) is 83.6 Å². The Bertz CT molecular complexity index is 198. The topological polar surface area (TPSA) is 76.1 Å². The van der Waals surface area contributed by atoms with Gasteiger partial charge in [-0.25, -0.2) is 0 Å². The van der Waals surface area contributed by atoms with Crippen molar-refractivity contribution in [3.8, 4) is 0 Å². The molecule has 0 rings (SSSR count). The van der Waals surface area contributed by atoms with E-state index in [9.17, 15) is 0 Å². The van der Waals surface area contributed by atoms with Gasteiger partial charge in [-0.2, -0.15) is 0 Å². The Morgan fingerprint density at radius 1 is 0.636 bits per heavy atom. The van der Waals surface area contributed by atoms with Crippen molar-refractivity contribution in [3.63, 3.8) is 0 Å². The van der Waals surface area contributed by atoms with Crippen molar-refractivity contribution in [1.82, 2.24) is 10.6 Å². The summed E-state index contributed by atoms with van der Waals surface area (Å²) in [6.45, 7) is 7.34. The summed E-state index contributed by atoms with van der Waals surface area (Å²) in [6.07, 6.45) is 14.6. The predicted octanol–water partition coefficient (Wildman–Crippen LogP) is 2.76. The summed E-state index contributed by atoms with van der Waals surface area (Å²) in [4.78, 5) is 0. The fourth-order valence-corrected chi connectivity index (χ4v) is 2.54. The molecule has 0 radical (unpaired) electrons. The summed E-state index contributed by atoms with van der Waals surface area (Å²) in [6, 6.07) is 0.328. The van der Waals surface area contributed by atoms with Gasteiger partial charge in [0.25, 0.3) is 0 Å². The molecule has 1 unspecified atom stereocenters. The Morgan fingerprint density at radius 2 is 1.05 bits per heavy atom. The van der Waals surface area contributed by atoms with Crippen LogP contribution in [0.25, 0.3) is 0 Å². The summed E-state index contributed by atoms with van der Waals surface area (Å²) in [5.74, 6) is 0. The van der Waals surface area contributed by atoms with Gasteiger partial charge in [-0.05, 0) is 65.3 Å². The molecule has 0 saturated heterocycles. The minimum atomic E-state index is 0.328. The summed E-state index contributed by atoms with van der Waals surface area (Å²) >= 11 is 0. The highest BCUT2D eigenvalue weighted by Gasteiger charge is 1.95. The van der Waals surface area contributed by atoms with Gasteiger partial charge in [0.2, 0.25) is 0 Å². The smallest absolute Gasteiger partial charge is 0.00225 e. The Kier molecular flexibility index (Phi) is 18.8. The molecule has 0 aliphatic rings. The molecule has 0 aliphatic carbocycles. The second-order valence-corrected chi connectivity index (χ2v) is 6.59. The van der Waals surface area contributed by atoms with E-state index in [1.54, 1.807) is 0 Å². The van der Waals surface area contributed by atoms with Crippen molar-refractivity contribution < 1.29 is 0 Å². The average molecular weight is 315 g/mol. The zero-order chi connectivity index (χ0) is 16.3. The van der Waals surface area contributed by atoms with Gasteiger partial charge in [-0.3, -0.25) is 0 Å². The van der Waals surface area contributed by atoms with Crippen LogP contribution in [0.4, 0.5) is 0 Å². The van der Waals surface area contributed by atoms with Crippen molar-refractivity contribution >= 4 is 0 Å². The number of nitrogens with two attached hydrogens (primary N) is 2. The lowest BCUT2D eigenvalue weighted by Crippen LogP contribution is -2.24. The highest BCUT2D eigenvalue weighted by molar-refractivity contribution is 4.56. The van der Waals surface area contributed by atoms with Crippen LogP contribution in [0.3, 0.4) is 0 Å². The van der Waals surface area contributed by atoms with Crippen LogP contribution in [-0.4, -0.2) is 38.8 Å². The maximum absolute atomic E-state index is 5.71. The largest absolute Gasteiger partial charge is 0.330 e. The van der Waals surface area contributed by atoms with Crippen LogP contribution >= 0.6 is 0 Å². The van der Waals surface area contributed by atoms with Gasteiger partial charge in [-0.15, -0.1) is 0 Å². The molecule has 0 bridgehead atoms. The number of unbranched alkanes of at least 4 members (excludes halogenated alkanes) is 8. The lowest BCUT2D eigenvalue weighted by atomic mass is 10.1. The van der Waals surface area contributed by atoms with Crippen LogP contribution in [0.1, 0.15) is 77.6 Å². The third kappa shape index (κ3) is 19.8. The molecule has 0 saturated carbocycles. The Hall–Kier alpha value is -0.160. The van der Waals surface area contributed by atoms with E-state index in [0.717, 1.165) is 45.6 Å². The number of nitrogens with one attached hydrogen (secondary N) is 2. The van der Waals surface area contributed by atoms with Crippen molar-refractivity contribution in [3.05, 3.63) is 0 Å². The van der Waals surface area contributed by atoms with Crippen molar-refractivity contribution in [2.24, 2.45) is 11.5 Å². The number of rotatable bonds is 18. The monoisotopic (exact) mass is 314 g/mol. The maximum atomic E-state index is 5.71. The summed E-state index contributed by atoms with van der Waals surface area (Å²) in [5.41, 5.74) is 11.2. The van der Waals surface area contributed by atoms with E-state index in [-0.39, 0.29) is 0 Å². The van der Waals surface area contributed by atoms with E-state index in [1.165, 1.54) is 57.8 Å². The predicted molar refractivity (Wildman–Crippen MR) is 99.2 cm³/mol. The first-order chi connectivity index (χ1) is 10.8. The molecule has 134 valence electrons. The van der Waals surface area contributed by atoms with Crippen LogP contribution in [0.5, 0.6) is 0 Å². The molecule has 0 heterocycles. The Morgan fingerprint density at radius 3 is 1.50 bits per heavy atom. The molecule has 0 aliphatic heterocycles. The SMILES string of the molecule is CC(N)CCNCCCCCCCCCCCNCCCN. The molecule has 4 nitrogen and oxygen atoms in total. The van der Waals surface area contributed by atoms with E-state index in [2.05, 4.69) is 17.6 Å². The van der Waals surface area contributed by atoms with E-state index in [0.29, 0.717) is 6.04 Å². The number of hydrogen-bond donors (Lipinski definition) is 4. The molecule has 0 aromatic rings. The van der Waals surface area contributed by atoms with E-state index < -0.39 is 0 Å². The first-order valence-electron chi connectivity index (χ1n) is 9.64. The van der Waals surface area contributed by atoms with Gasteiger partial charge in [0.1, 0.15) is 0 Å². The zero-order valence-electron chi connectivity index (χ0n) is 15.0. The fraction of sp³-hybridized carbons (Fsp3) is 1.00. The standard InChI is InChI=1S/C18H42N4/c1-18(20)12-17-22-15-10-8-6-4-2-3-5-7-9-14-21-16-11-13-19/h18,21-22H,2-17,19-20H2,1H3. The van der Waals surface area contributed by atoms with E-state index in [1.807, 2.05) is 0 Å². The molecule has 0 fully saturated rings. The molecule has 6 N–H and O–H groups in total. The van der Waals surface area contributed by atoms with Crippen LogP contribution in [0.15, 0.2) is 0 Å². The van der Waals surface area contributed by atoms with Crippen molar-refractivity contribution in [2.75, 3.05) is 32.7 Å². The first kappa shape index (κ1) is 21.8. The molecule has 0 aromatic heterocycles. The second-order valence-electron chi connectivity index (χ2n) is 6.59. The van der Waals surface area contributed by atoms with Gasteiger partial charge in [0, 0.05) is 6.04 Å². The van der Waals surface area contributed by atoms with Gasteiger partial charge in [0.15, 0.2) is 0 Å². The van der Waals surface area contributed by atoms with E-state index >= 15 is 0 Å². The molecule has 0 aromatic carbocycles. The third-order valence-corrected chi connectivity index (χ3v) is 4.04. The summed E-state index contributed by atoms with van der Waals surface area (Å²) < 4.78 is 0. The van der Waals surface area contributed by atoms with Gasteiger partial charge in [0.05, 0.1) is 0 Å². The Labute approximate surface area is 139 Å². The average Bonchev–Trinajstić information content (AvgIpc) is 2.50. The number of hydrogen-bond acceptors (Lipinski definition) is 4. The van der Waals surface area contributed by atoms with Crippen LogP contribution in [-0.2, 0) is 0 Å². The molecule has 0 spiro atoms. The highest BCUT2D eigenvalue weighted by atomic mass is 14.9. The molecule has 4 heteroatoms. The lowest BCUT2D eigenvalue weighted by molar-refractivity contribution is 0.528. The lowest BCUT2D eigenvalue weighted by Gasteiger charge is -2.07. The fourth-order valence-electron chi connectivity index (χ4n) is 2.54. The second kappa shape index (κ2) is 18.9. The summed E-state index contributed by atoms with van der Waals surface area (Å²) in [7, 11) is 0. The van der Waals surface area contributed by atoms with Crippen LogP contribution in [0.2, 0.25) is 0 Å². The molecule has 0 amide bonds. The maximum Gasteiger partial charge on any atom is 0.00225 e. The first-order valence-corrected chi connectivity index (χ1v) is 9.64. The van der Waals surface area contributed by atoms with Gasteiger partial charge < -0.3 is 22.1 Å². The highest BCUT2D eigenvalue weighted by Crippen LogP contribution is 2.09. The van der Waals surface area contributed by atoms with Crippen LogP contribution in [0, 0.1) is 0 Å². The van der Waals surface area contributed by atoms with Gasteiger partial charge in [-0.1, -0.05) is 44.9 Å². The molecular formula is C18H42N4. The van der Waals surface area contributed by atoms with Gasteiger partial charge >= 0.3 is 0 Å². The minimum Gasteiger partial charge on any atom is -0.330 e. The zero-order valence-corrected chi connectivity index (χ0v) is 15.0. The Balaban J connectivity index is 2.94. The normalized spacial score (nSPS) is 12.7. The van der Waals surface area contributed by atoms with Crippen LogP contribution < -0.4 is 22.1 Å². The van der Waals surface area contributed by atoms with E-state index in [4.69, 9.17) is 11.5 Å². The third-order valence-electron chi connectivity index (χ3n) is 4.04. The molecule has 1 atom stereocenters. The molecule has 22 heavy (non-hydrogen) atoms. The minimum absolute atomic E-state index is 0.328. The van der Waals surface area contributed by atoms with Crippen molar-refractivity contribution in [1.29, 1.82) is 0 Å². The molecular weight excluding hydrogens is 272 g/mol.